The second-order valence-corrected chi connectivity index (χ2v) is 8.91. The lowest BCUT2D eigenvalue weighted by atomic mass is 10.1. The molecule has 182 valence electrons. The molecule has 1 aliphatic carbocycles. The molecule has 1 heterocycles. The van der Waals surface area contributed by atoms with E-state index in [2.05, 4.69) is 5.32 Å². The van der Waals surface area contributed by atoms with Crippen LogP contribution in [-0.4, -0.2) is 50.7 Å². The summed E-state index contributed by atoms with van der Waals surface area (Å²) in [5.74, 6) is -2.72. The third-order valence-corrected chi connectivity index (χ3v) is 6.23. The predicted octanol–water partition coefficient (Wildman–Crippen LogP) is 3.64. The summed E-state index contributed by atoms with van der Waals surface area (Å²) in [6.07, 6.45) is 3.08. The number of aromatic nitrogens is 1. The molecule has 8 nitrogen and oxygen atoms in total. The minimum atomic E-state index is -1.12. The maximum absolute atomic E-state index is 14.1. The van der Waals surface area contributed by atoms with Crippen LogP contribution in [0.5, 0.6) is 0 Å². The molecular formula is C25H23ClFN3O5. The van der Waals surface area contributed by atoms with E-state index < -0.39 is 17.7 Å². The maximum Gasteiger partial charge on any atom is 0.335 e. The van der Waals surface area contributed by atoms with Crippen LogP contribution in [0.1, 0.15) is 46.0 Å². The number of carboxylic acid groups (broad SMARTS) is 1. The van der Waals surface area contributed by atoms with Crippen molar-refractivity contribution in [3.05, 3.63) is 70.1 Å². The molecule has 1 saturated carbocycles. The van der Waals surface area contributed by atoms with Gasteiger partial charge in [-0.2, -0.15) is 0 Å². The highest BCUT2D eigenvalue weighted by molar-refractivity contribution is 6.30. The molecule has 0 saturated heterocycles. The van der Waals surface area contributed by atoms with E-state index >= 15 is 0 Å². The minimum absolute atomic E-state index is 0.0362. The zero-order chi connectivity index (χ0) is 25.3. The molecule has 2 aromatic carbocycles. The van der Waals surface area contributed by atoms with Crippen LogP contribution in [0.3, 0.4) is 0 Å². The van der Waals surface area contributed by atoms with E-state index in [0.717, 1.165) is 12.8 Å². The summed E-state index contributed by atoms with van der Waals surface area (Å²) in [6, 6.07) is 8.84. The number of hydrogen-bond acceptors (Lipinski definition) is 4. The summed E-state index contributed by atoms with van der Waals surface area (Å²) < 4.78 is 15.7. The van der Waals surface area contributed by atoms with E-state index in [1.165, 1.54) is 42.3 Å². The van der Waals surface area contributed by atoms with E-state index in [-0.39, 0.29) is 53.5 Å². The number of Topliss-reactive ketones (excluding diaryl/α,β-unsaturated/α-hetero) is 1. The van der Waals surface area contributed by atoms with Crippen molar-refractivity contribution in [3.8, 4) is 0 Å². The number of benzene rings is 2. The summed E-state index contributed by atoms with van der Waals surface area (Å²) in [4.78, 5) is 50.7. The second kappa shape index (κ2) is 9.87. The van der Waals surface area contributed by atoms with Gasteiger partial charge in [0.25, 0.3) is 0 Å². The maximum atomic E-state index is 14.1. The first-order chi connectivity index (χ1) is 16.7. The first-order valence-electron chi connectivity index (χ1n) is 11.0. The van der Waals surface area contributed by atoms with Crippen molar-refractivity contribution < 1.29 is 28.7 Å². The van der Waals surface area contributed by atoms with Gasteiger partial charge in [-0.3, -0.25) is 14.4 Å². The van der Waals surface area contributed by atoms with E-state index in [1.54, 1.807) is 16.7 Å². The van der Waals surface area contributed by atoms with Gasteiger partial charge in [0.2, 0.25) is 11.8 Å². The Labute approximate surface area is 205 Å². The molecule has 3 aromatic rings. The van der Waals surface area contributed by atoms with Gasteiger partial charge >= 0.3 is 5.97 Å². The Kier molecular flexibility index (Phi) is 6.88. The molecule has 2 amide bonds. The first-order valence-corrected chi connectivity index (χ1v) is 11.4. The van der Waals surface area contributed by atoms with Crippen LogP contribution in [0, 0.1) is 5.82 Å². The van der Waals surface area contributed by atoms with Gasteiger partial charge in [-0.05, 0) is 44.0 Å². The van der Waals surface area contributed by atoms with Crippen molar-refractivity contribution in [1.82, 2.24) is 14.8 Å². The molecule has 0 bridgehead atoms. The van der Waals surface area contributed by atoms with Gasteiger partial charge in [0.1, 0.15) is 12.4 Å². The second-order valence-electron chi connectivity index (χ2n) is 8.51. The number of fused-ring (bicyclic) bond motifs is 1. The lowest BCUT2D eigenvalue weighted by molar-refractivity contribution is -0.137. The molecule has 0 spiro atoms. The number of carboxylic acids is 1. The number of rotatable bonds is 9. The number of carbonyl (C=O) groups excluding carboxylic acids is 3. The zero-order valence-corrected chi connectivity index (χ0v) is 19.6. The Hall–Kier alpha value is -3.72. The van der Waals surface area contributed by atoms with Crippen molar-refractivity contribution >= 4 is 46.1 Å². The number of aromatic carboxylic acids is 1. The number of hydrogen-bond donors (Lipinski definition) is 2. The van der Waals surface area contributed by atoms with Crippen molar-refractivity contribution in [2.45, 2.75) is 38.9 Å². The van der Waals surface area contributed by atoms with Gasteiger partial charge in [0, 0.05) is 40.8 Å². The largest absolute Gasteiger partial charge is 0.478 e. The molecule has 2 N–H and O–H groups in total. The Morgan fingerprint density at radius 2 is 1.94 bits per heavy atom. The Balaban J connectivity index is 1.49. The van der Waals surface area contributed by atoms with E-state index in [4.69, 9.17) is 11.6 Å². The number of carbonyl (C=O) groups is 4. The van der Waals surface area contributed by atoms with Crippen molar-refractivity contribution in [2.75, 3.05) is 6.54 Å². The van der Waals surface area contributed by atoms with E-state index in [1.807, 2.05) is 0 Å². The smallest absolute Gasteiger partial charge is 0.335 e. The quantitative estimate of drug-likeness (QED) is 0.437. The summed E-state index contributed by atoms with van der Waals surface area (Å²) in [7, 11) is 0. The average molecular weight is 500 g/mol. The number of nitrogens with one attached hydrogen (secondary N) is 1. The van der Waals surface area contributed by atoms with Gasteiger partial charge in [0.15, 0.2) is 5.78 Å². The normalized spacial score (nSPS) is 13.0. The van der Waals surface area contributed by atoms with Crippen LogP contribution in [-0.2, 0) is 22.7 Å². The fraction of sp³-hybridized carbons (Fsp3) is 0.280. The SMILES string of the molecule is CC(=O)c1cn(CC(=O)N(CC(=O)NCc2cccc(Cl)c2F)C2CC2)c2ccc(C(=O)O)cc12. The molecule has 10 heteroatoms. The summed E-state index contributed by atoms with van der Waals surface area (Å²) in [5, 5.41) is 12.3. The number of halogens is 2. The molecule has 1 aromatic heterocycles. The van der Waals surface area contributed by atoms with Crippen LogP contribution in [0.2, 0.25) is 5.02 Å². The molecule has 35 heavy (non-hydrogen) atoms. The monoisotopic (exact) mass is 499 g/mol. The predicted molar refractivity (Wildman–Crippen MR) is 127 cm³/mol. The van der Waals surface area contributed by atoms with Crippen molar-refractivity contribution in [3.63, 3.8) is 0 Å². The van der Waals surface area contributed by atoms with Gasteiger partial charge in [-0.25, -0.2) is 9.18 Å². The van der Waals surface area contributed by atoms with E-state index in [0.29, 0.717) is 16.5 Å². The Bertz CT molecular complexity index is 1350. The molecule has 0 aliphatic heterocycles. The van der Waals surface area contributed by atoms with Gasteiger partial charge in [0.05, 0.1) is 17.1 Å². The first kappa shape index (κ1) is 24.4. The lowest BCUT2D eigenvalue weighted by Crippen LogP contribution is -2.43. The zero-order valence-electron chi connectivity index (χ0n) is 18.9. The topological polar surface area (TPSA) is 109 Å². The summed E-state index contributed by atoms with van der Waals surface area (Å²) in [6.45, 7) is 1.00. The summed E-state index contributed by atoms with van der Waals surface area (Å²) in [5.41, 5.74) is 1.14. The van der Waals surface area contributed by atoms with Crippen LogP contribution in [0.25, 0.3) is 10.9 Å². The number of nitrogens with zero attached hydrogens (tertiary/aromatic N) is 2. The molecule has 0 unspecified atom stereocenters. The highest BCUT2D eigenvalue weighted by atomic mass is 35.5. The standard InChI is InChI=1S/C25H23ClFN3O5/c1-14(31)19-11-29(21-8-5-15(25(34)35)9-18(19)21)13-23(33)30(17-6-7-17)12-22(32)28-10-16-3-2-4-20(26)24(16)27/h2-5,8-9,11,17H,6-7,10,12-13H2,1H3,(H,28,32)(H,34,35). The highest BCUT2D eigenvalue weighted by Gasteiger charge is 2.34. The van der Waals surface area contributed by atoms with Crippen LogP contribution >= 0.6 is 11.6 Å². The fourth-order valence-corrected chi connectivity index (χ4v) is 4.17. The minimum Gasteiger partial charge on any atom is -0.478 e. The van der Waals surface area contributed by atoms with Gasteiger partial charge in [-0.15, -0.1) is 0 Å². The van der Waals surface area contributed by atoms with Crippen LogP contribution in [0.15, 0.2) is 42.6 Å². The van der Waals surface area contributed by atoms with Crippen molar-refractivity contribution in [1.29, 1.82) is 0 Å². The molecule has 1 aliphatic rings. The molecule has 0 atom stereocenters. The van der Waals surface area contributed by atoms with Crippen molar-refractivity contribution in [2.24, 2.45) is 0 Å². The van der Waals surface area contributed by atoms with E-state index in [9.17, 15) is 28.7 Å². The average Bonchev–Trinajstić information content (AvgIpc) is 3.59. The molecule has 4 rings (SSSR count). The van der Waals surface area contributed by atoms with Crippen LogP contribution < -0.4 is 5.32 Å². The molecule has 1 fully saturated rings. The molecule has 0 radical (unpaired) electrons. The third kappa shape index (κ3) is 5.35. The van der Waals surface area contributed by atoms with Crippen LogP contribution in [0.4, 0.5) is 4.39 Å². The Morgan fingerprint density at radius 1 is 1.20 bits per heavy atom. The lowest BCUT2D eigenvalue weighted by Gasteiger charge is -2.22. The Morgan fingerprint density at radius 3 is 2.60 bits per heavy atom. The van der Waals surface area contributed by atoms with Gasteiger partial charge in [-0.1, -0.05) is 23.7 Å². The number of ketones is 1. The number of amides is 2. The third-order valence-electron chi connectivity index (χ3n) is 5.94. The van der Waals surface area contributed by atoms with Gasteiger partial charge < -0.3 is 19.9 Å². The highest BCUT2D eigenvalue weighted by Crippen LogP contribution is 2.28. The fourth-order valence-electron chi connectivity index (χ4n) is 3.97. The molecular weight excluding hydrogens is 477 g/mol. The summed E-state index contributed by atoms with van der Waals surface area (Å²) >= 11 is 5.78.